The first-order valence-corrected chi connectivity index (χ1v) is 6.01. The molecule has 0 spiro atoms. The number of hydrogen-bond acceptors (Lipinski definition) is 4. The quantitative estimate of drug-likeness (QED) is 0.661. The van der Waals surface area contributed by atoms with E-state index in [2.05, 4.69) is 0 Å². The molecule has 1 aromatic carbocycles. The third-order valence-electron chi connectivity index (χ3n) is 2.14. The second-order valence-electron chi connectivity index (χ2n) is 5.04. The van der Waals surface area contributed by atoms with Crippen molar-refractivity contribution in [3.63, 3.8) is 0 Å². The van der Waals surface area contributed by atoms with E-state index >= 15 is 0 Å². The van der Waals surface area contributed by atoms with E-state index in [0.29, 0.717) is 5.75 Å². The molecule has 0 amide bonds. The Hall–Kier alpha value is -1.55. The van der Waals surface area contributed by atoms with E-state index in [1.165, 1.54) is 0 Å². The average Bonchev–Trinajstić information content (AvgIpc) is 2.25. The normalized spacial score (nSPS) is 11.1. The Morgan fingerprint density at radius 2 is 1.83 bits per heavy atom. The van der Waals surface area contributed by atoms with Crippen LogP contribution in [0.5, 0.6) is 5.75 Å². The minimum absolute atomic E-state index is 0.177. The molecule has 0 aliphatic rings. The van der Waals surface area contributed by atoms with Gasteiger partial charge in [0.25, 0.3) is 0 Å². The lowest BCUT2D eigenvalue weighted by Gasteiger charge is -2.18. The fourth-order valence-corrected chi connectivity index (χ4v) is 1.37. The van der Waals surface area contributed by atoms with Crippen LogP contribution in [-0.2, 0) is 11.2 Å². The van der Waals surface area contributed by atoms with Gasteiger partial charge in [-0.3, -0.25) is 0 Å². The Bertz CT molecular complexity index is 376. The van der Waals surface area contributed by atoms with Gasteiger partial charge in [-0.25, -0.2) is 4.79 Å². The molecule has 1 aromatic rings. The number of carbonyl (C=O) groups is 1. The molecule has 0 fully saturated rings. The fraction of sp³-hybridized carbons (Fsp3) is 0.500. The molecular weight excluding hydrogens is 232 g/mol. The third-order valence-corrected chi connectivity index (χ3v) is 2.14. The van der Waals surface area contributed by atoms with Gasteiger partial charge < -0.3 is 14.6 Å². The molecule has 100 valence electrons. The van der Waals surface area contributed by atoms with Crippen LogP contribution in [0.1, 0.15) is 32.8 Å². The number of carbonyl (C=O) groups excluding carboxylic acids is 1. The lowest BCUT2D eigenvalue weighted by molar-refractivity contribution is 0.0206. The second-order valence-corrected chi connectivity index (χ2v) is 5.04. The summed E-state index contributed by atoms with van der Waals surface area (Å²) in [6, 6.07) is 7.18. The van der Waals surface area contributed by atoms with Gasteiger partial charge in [-0.15, -0.1) is 0 Å². The first kappa shape index (κ1) is 14.5. The molecule has 0 heterocycles. The van der Waals surface area contributed by atoms with Gasteiger partial charge in [-0.2, -0.15) is 0 Å². The largest absolute Gasteiger partial charge is 0.514 e. The zero-order valence-electron chi connectivity index (χ0n) is 11.1. The van der Waals surface area contributed by atoms with Crippen LogP contribution in [0.15, 0.2) is 24.3 Å². The minimum atomic E-state index is -0.703. The maximum absolute atomic E-state index is 11.4. The van der Waals surface area contributed by atoms with Crippen molar-refractivity contribution >= 4 is 6.16 Å². The van der Waals surface area contributed by atoms with Gasteiger partial charge in [0.15, 0.2) is 0 Å². The Labute approximate surface area is 108 Å². The number of aliphatic hydroxyl groups is 1. The number of aryl methyl sites for hydroxylation is 1. The number of ether oxygens (including phenoxy) is 2. The minimum Gasteiger partial charge on any atom is -0.428 e. The van der Waals surface area contributed by atoms with E-state index in [1.807, 2.05) is 12.1 Å². The van der Waals surface area contributed by atoms with Crippen LogP contribution in [0.4, 0.5) is 4.79 Å². The lowest BCUT2D eigenvalue weighted by Crippen LogP contribution is -2.25. The van der Waals surface area contributed by atoms with Crippen LogP contribution in [0.3, 0.4) is 0 Å². The van der Waals surface area contributed by atoms with E-state index in [1.54, 1.807) is 32.9 Å². The molecule has 18 heavy (non-hydrogen) atoms. The molecule has 4 heteroatoms. The predicted octanol–water partition coefficient (Wildman–Crippen LogP) is 2.93. The molecule has 0 saturated carbocycles. The van der Waals surface area contributed by atoms with Crippen LogP contribution in [0.2, 0.25) is 0 Å². The van der Waals surface area contributed by atoms with Crippen molar-refractivity contribution in [2.75, 3.05) is 6.61 Å². The van der Waals surface area contributed by atoms with Crippen LogP contribution in [0.25, 0.3) is 0 Å². The second kappa shape index (κ2) is 6.40. The maximum atomic E-state index is 11.4. The van der Waals surface area contributed by atoms with Gasteiger partial charge >= 0.3 is 6.16 Å². The fourth-order valence-electron chi connectivity index (χ4n) is 1.37. The van der Waals surface area contributed by atoms with Gasteiger partial charge in [0.05, 0.1) is 0 Å². The molecule has 0 aliphatic carbocycles. The first-order valence-electron chi connectivity index (χ1n) is 6.01. The van der Waals surface area contributed by atoms with Crippen molar-refractivity contribution in [1.82, 2.24) is 0 Å². The van der Waals surface area contributed by atoms with Crippen LogP contribution in [0, 0.1) is 0 Å². The van der Waals surface area contributed by atoms with Crippen molar-refractivity contribution in [3.8, 4) is 5.75 Å². The molecule has 4 nitrogen and oxygen atoms in total. The van der Waals surface area contributed by atoms with Gasteiger partial charge in [-0.05, 0) is 51.3 Å². The summed E-state index contributed by atoms with van der Waals surface area (Å²) >= 11 is 0. The van der Waals surface area contributed by atoms with Gasteiger partial charge in [-0.1, -0.05) is 12.1 Å². The van der Waals surface area contributed by atoms with Crippen LogP contribution < -0.4 is 4.74 Å². The highest BCUT2D eigenvalue weighted by molar-refractivity contribution is 5.64. The number of benzene rings is 1. The van der Waals surface area contributed by atoms with Gasteiger partial charge in [0.1, 0.15) is 11.4 Å². The number of hydrogen-bond donors (Lipinski definition) is 1. The predicted molar refractivity (Wildman–Crippen MR) is 68.7 cm³/mol. The zero-order chi connectivity index (χ0) is 13.6. The molecular formula is C14H20O4. The molecule has 0 aliphatic heterocycles. The highest BCUT2D eigenvalue weighted by atomic mass is 16.7. The summed E-state index contributed by atoms with van der Waals surface area (Å²) in [6.45, 7) is 5.53. The zero-order valence-corrected chi connectivity index (χ0v) is 11.1. The summed E-state index contributed by atoms with van der Waals surface area (Å²) < 4.78 is 10.1. The number of rotatable bonds is 4. The Balaban J connectivity index is 2.50. The average molecular weight is 252 g/mol. The molecule has 0 radical (unpaired) electrons. The van der Waals surface area contributed by atoms with Crippen LogP contribution in [-0.4, -0.2) is 23.5 Å². The van der Waals surface area contributed by atoms with Crippen molar-refractivity contribution in [2.24, 2.45) is 0 Å². The SMILES string of the molecule is CC(C)(C)OC(=O)Oc1ccc(CCCO)cc1. The first-order chi connectivity index (χ1) is 8.40. The van der Waals surface area contributed by atoms with E-state index in [0.717, 1.165) is 18.4 Å². The molecule has 0 saturated heterocycles. The standard InChI is InChI=1S/C14H20O4/c1-14(2,3)18-13(16)17-12-8-6-11(7-9-12)5-4-10-15/h6-9,15H,4-5,10H2,1-3H3. The maximum Gasteiger partial charge on any atom is 0.514 e. The lowest BCUT2D eigenvalue weighted by atomic mass is 10.1. The summed E-state index contributed by atoms with van der Waals surface area (Å²) in [6.07, 6.45) is 0.834. The van der Waals surface area contributed by atoms with E-state index in [9.17, 15) is 4.79 Å². The van der Waals surface area contributed by atoms with Gasteiger partial charge in [0, 0.05) is 6.61 Å². The molecule has 0 atom stereocenters. The van der Waals surface area contributed by atoms with Crippen molar-refractivity contribution < 1.29 is 19.4 Å². The smallest absolute Gasteiger partial charge is 0.428 e. The Kier molecular flexibility index (Phi) is 5.16. The van der Waals surface area contributed by atoms with Crippen molar-refractivity contribution in [1.29, 1.82) is 0 Å². The molecule has 0 bridgehead atoms. The van der Waals surface area contributed by atoms with Crippen molar-refractivity contribution in [2.45, 2.75) is 39.2 Å². The summed E-state index contributed by atoms with van der Waals surface area (Å²) in [5.74, 6) is 0.456. The summed E-state index contributed by atoms with van der Waals surface area (Å²) in [5.41, 5.74) is 0.540. The Morgan fingerprint density at radius 3 is 2.33 bits per heavy atom. The third kappa shape index (κ3) is 5.68. The summed E-state index contributed by atoms with van der Waals surface area (Å²) in [7, 11) is 0. The highest BCUT2D eigenvalue weighted by Gasteiger charge is 2.17. The molecule has 1 rings (SSSR count). The van der Waals surface area contributed by atoms with Gasteiger partial charge in [0.2, 0.25) is 0 Å². The van der Waals surface area contributed by atoms with Crippen LogP contribution >= 0.6 is 0 Å². The summed E-state index contributed by atoms with van der Waals surface area (Å²) in [5, 5.41) is 8.72. The van der Waals surface area contributed by atoms with E-state index in [-0.39, 0.29) is 6.61 Å². The topological polar surface area (TPSA) is 55.8 Å². The van der Waals surface area contributed by atoms with Crippen molar-refractivity contribution in [3.05, 3.63) is 29.8 Å². The highest BCUT2D eigenvalue weighted by Crippen LogP contribution is 2.16. The van der Waals surface area contributed by atoms with E-state index in [4.69, 9.17) is 14.6 Å². The van der Waals surface area contributed by atoms with E-state index < -0.39 is 11.8 Å². The summed E-state index contributed by atoms with van der Waals surface area (Å²) in [4.78, 5) is 11.4. The number of aliphatic hydroxyl groups excluding tert-OH is 1. The monoisotopic (exact) mass is 252 g/mol. The molecule has 0 unspecified atom stereocenters. The Morgan fingerprint density at radius 1 is 1.22 bits per heavy atom. The molecule has 1 N–H and O–H groups in total. The molecule has 0 aromatic heterocycles.